The number of nitriles is 1. The SMILES string of the molecule is CF.Cc1ccsc1-c1ccccc1CN(C)CC#N. The van der Waals surface area contributed by atoms with Gasteiger partial charge in [-0.1, -0.05) is 24.3 Å². The maximum atomic E-state index is 9.50. The lowest BCUT2D eigenvalue weighted by atomic mass is 10.0. The first-order chi connectivity index (χ1) is 9.72. The normalized spacial score (nSPS) is 9.80. The van der Waals surface area contributed by atoms with Crippen LogP contribution in [-0.4, -0.2) is 25.7 Å². The summed E-state index contributed by atoms with van der Waals surface area (Å²) < 4.78 is 9.50. The van der Waals surface area contributed by atoms with Gasteiger partial charge in [0.05, 0.1) is 19.8 Å². The van der Waals surface area contributed by atoms with Crippen LogP contribution in [-0.2, 0) is 6.54 Å². The molecule has 4 heteroatoms. The van der Waals surface area contributed by atoms with Crippen molar-refractivity contribution in [1.29, 1.82) is 5.26 Å². The molecule has 1 heterocycles. The van der Waals surface area contributed by atoms with Crippen LogP contribution in [0.1, 0.15) is 11.1 Å². The summed E-state index contributed by atoms with van der Waals surface area (Å²) in [6.45, 7) is 3.40. The van der Waals surface area contributed by atoms with Crippen molar-refractivity contribution < 1.29 is 4.39 Å². The molecule has 0 aliphatic heterocycles. The van der Waals surface area contributed by atoms with Crippen molar-refractivity contribution in [2.45, 2.75) is 13.5 Å². The van der Waals surface area contributed by atoms with Gasteiger partial charge in [-0.2, -0.15) is 5.26 Å². The summed E-state index contributed by atoms with van der Waals surface area (Å²) in [4.78, 5) is 3.36. The van der Waals surface area contributed by atoms with Crippen LogP contribution in [0.15, 0.2) is 35.7 Å². The Morgan fingerprint density at radius 2 is 1.95 bits per heavy atom. The van der Waals surface area contributed by atoms with Gasteiger partial charge in [-0.25, -0.2) is 0 Å². The van der Waals surface area contributed by atoms with Crippen molar-refractivity contribution in [2.75, 3.05) is 20.8 Å². The van der Waals surface area contributed by atoms with Gasteiger partial charge in [0, 0.05) is 11.4 Å². The van der Waals surface area contributed by atoms with Gasteiger partial charge in [-0.05, 0) is 42.1 Å². The lowest BCUT2D eigenvalue weighted by Crippen LogP contribution is -2.18. The Hall–Kier alpha value is -1.70. The summed E-state index contributed by atoms with van der Waals surface area (Å²) in [5.41, 5.74) is 3.88. The molecule has 0 amide bonds. The molecule has 2 aromatic rings. The van der Waals surface area contributed by atoms with Gasteiger partial charge in [0.15, 0.2) is 0 Å². The number of alkyl halides is 1. The predicted octanol–water partition coefficient (Wildman–Crippen LogP) is 4.26. The highest BCUT2D eigenvalue weighted by atomic mass is 32.1. The summed E-state index contributed by atoms with van der Waals surface area (Å²) in [5, 5.41) is 10.8. The molecule has 0 radical (unpaired) electrons. The Kier molecular flexibility index (Phi) is 6.92. The first kappa shape index (κ1) is 16.4. The maximum Gasteiger partial charge on any atom is 0.0866 e. The first-order valence-electron chi connectivity index (χ1n) is 6.28. The average molecular weight is 290 g/mol. The molecule has 0 bridgehead atoms. The van der Waals surface area contributed by atoms with E-state index in [0.717, 1.165) is 6.54 Å². The molecular weight excluding hydrogens is 271 g/mol. The molecule has 1 aromatic heterocycles. The minimum Gasteiger partial charge on any atom is -0.289 e. The smallest absolute Gasteiger partial charge is 0.0866 e. The molecule has 0 spiro atoms. The Morgan fingerprint density at radius 1 is 1.25 bits per heavy atom. The molecule has 0 atom stereocenters. The largest absolute Gasteiger partial charge is 0.289 e. The van der Waals surface area contributed by atoms with Crippen LogP contribution in [0.3, 0.4) is 0 Å². The molecule has 0 aliphatic rings. The third-order valence-corrected chi connectivity index (χ3v) is 3.95. The number of thiophene rings is 1. The van der Waals surface area contributed by atoms with Crippen molar-refractivity contribution in [3.63, 3.8) is 0 Å². The van der Waals surface area contributed by atoms with Crippen molar-refractivity contribution in [2.24, 2.45) is 0 Å². The molecule has 0 fully saturated rings. The molecule has 20 heavy (non-hydrogen) atoms. The fourth-order valence-corrected chi connectivity index (χ4v) is 2.98. The number of halogens is 1. The molecule has 2 nitrogen and oxygen atoms in total. The minimum absolute atomic E-state index is 0.456. The van der Waals surface area contributed by atoms with Crippen molar-refractivity contribution >= 4 is 11.3 Å². The van der Waals surface area contributed by atoms with E-state index in [0.29, 0.717) is 13.7 Å². The van der Waals surface area contributed by atoms with Crippen LogP contribution in [0.4, 0.5) is 4.39 Å². The fraction of sp³-hybridized carbons (Fsp3) is 0.312. The molecule has 0 saturated heterocycles. The van der Waals surface area contributed by atoms with Crippen molar-refractivity contribution in [3.8, 4) is 16.5 Å². The van der Waals surface area contributed by atoms with Gasteiger partial charge in [0.1, 0.15) is 0 Å². The van der Waals surface area contributed by atoms with Gasteiger partial charge >= 0.3 is 0 Å². The third-order valence-electron chi connectivity index (χ3n) is 2.90. The second-order valence-corrected chi connectivity index (χ2v) is 5.34. The standard InChI is InChI=1S/C15H16N2S.CH3F/c1-12-7-10-18-15(12)14-6-4-3-5-13(14)11-17(2)9-8-16;1-2/h3-7,10H,9,11H2,1-2H3;1H3. The van der Waals surface area contributed by atoms with Crippen LogP contribution < -0.4 is 0 Å². The molecule has 0 unspecified atom stereocenters. The Balaban J connectivity index is 0.000000956. The predicted molar refractivity (Wildman–Crippen MR) is 83.5 cm³/mol. The first-order valence-corrected chi connectivity index (χ1v) is 7.16. The highest BCUT2D eigenvalue weighted by Gasteiger charge is 2.09. The molecule has 106 valence electrons. The van der Waals surface area contributed by atoms with Gasteiger partial charge in [-0.3, -0.25) is 9.29 Å². The molecule has 0 N–H and O–H groups in total. The second-order valence-electron chi connectivity index (χ2n) is 4.42. The van der Waals surface area contributed by atoms with E-state index in [-0.39, 0.29) is 0 Å². The number of hydrogen-bond acceptors (Lipinski definition) is 3. The molecule has 2 rings (SSSR count). The van der Waals surface area contributed by atoms with E-state index in [1.54, 1.807) is 11.3 Å². The molecule has 0 saturated carbocycles. The zero-order valence-electron chi connectivity index (χ0n) is 12.1. The van der Waals surface area contributed by atoms with Crippen LogP contribution in [0, 0.1) is 18.3 Å². The summed E-state index contributed by atoms with van der Waals surface area (Å²) in [7, 11) is 2.47. The number of benzene rings is 1. The fourth-order valence-electron chi connectivity index (χ4n) is 2.00. The molecule has 1 aromatic carbocycles. The van der Waals surface area contributed by atoms with Crippen LogP contribution in [0.2, 0.25) is 0 Å². The van der Waals surface area contributed by atoms with E-state index in [4.69, 9.17) is 5.26 Å². The quantitative estimate of drug-likeness (QED) is 0.786. The Labute approximate surface area is 124 Å². The Bertz CT molecular complexity index is 572. The number of aryl methyl sites for hydroxylation is 1. The van der Waals surface area contributed by atoms with E-state index in [1.807, 2.05) is 11.9 Å². The second kappa shape index (κ2) is 8.47. The van der Waals surface area contributed by atoms with Crippen LogP contribution >= 0.6 is 11.3 Å². The van der Waals surface area contributed by atoms with Crippen LogP contribution in [0.25, 0.3) is 10.4 Å². The Morgan fingerprint density at radius 3 is 2.55 bits per heavy atom. The van der Waals surface area contributed by atoms with Gasteiger partial charge in [-0.15, -0.1) is 11.3 Å². The number of rotatable bonds is 4. The highest BCUT2D eigenvalue weighted by molar-refractivity contribution is 7.13. The van der Waals surface area contributed by atoms with E-state index in [2.05, 4.69) is 48.7 Å². The van der Waals surface area contributed by atoms with Crippen LogP contribution in [0.5, 0.6) is 0 Å². The summed E-state index contributed by atoms with van der Waals surface area (Å²) in [6.07, 6.45) is 0. The summed E-state index contributed by atoms with van der Waals surface area (Å²) in [5.74, 6) is 0. The highest BCUT2D eigenvalue weighted by Crippen LogP contribution is 2.32. The van der Waals surface area contributed by atoms with E-state index in [1.165, 1.54) is 21.6 Å². The summed E-state index contributed by atoms with van der Waals surface area (Å²) >= 11 is 1.77. The zero-order chi connectivity index (χ0) is 15.0. The minimum atomic E-state index is 0.456. The number of nitrogens with zero attached hydrogens (tertiary/aromatic N) is 2. The van der Waals surface area contributed by atoms with Crippen molar-refractivity contribution in [3.05, 3.63) is 46.8 Å². The van der Waals surface area contributed by atoms with E-state index >= 15 is 0 Å². The van der Waals surface area contributed by atoms with E-state index in [9.17, 15) is 4.39 Å². The van der Waals surface area contributed by atoms with Gasteiger partial charge in [0.2, 0.25) is 0 Å². The summed E-state index contributed by atoms with van der Waals surface area (Å²) in [6, 6.07) is 12.8. The third kappa shape index (κ3) is 4.16. The van der Waals surface area contributed by atoms with Gasteiger partial charge in [0.25, 0.3) is 0 Å². The topological polar surface area (TPSA) is 27.0 Å². The monoisotopic (exact) mass is 290 g/mol. The number of hydrogen-bond donors (Lipinski definition) is 0. The van der Waals surface area contributed by atoms with Crippen molar-refractivity contribution in [1.82, 2.24) is 4.90 Å². The van der Waals surface area contributed by atoms with E-state index < -0.39 is 0 Å². The zero-order valence-corrected chi connectivity index (χ0v) is 12.9. The average Bonchev–Trinajstić information content (AvgIpc) is 2.88. The molecular formula is C16H19FN2S. The van der Waals surface area contributed by atoms with Gasteiger partial charge < -0.3 is 0 Å². The lowest BCUT2D eigenvalue weighted by Gasteiger charge is -2.15. The maximum absolute atomic E-state index is 9.50. The molecule has 0 aliphatic carbocycles. The lowest BCUT2D eigenvalue weighted by molar-refractivity contribution is 0.368.